The van der Waals surface area contributed by atoms with Crippen molar-refractivity contribution in [3.05, 3.63) is 40.6 Å². The van der Waals surface area contributed by atoms with Crippen LogP contribution in [-0.4, -0.2) is 18.3 Å². The topological polar surface area (TPSA) is 67.4 Å². The first kappa shape index (κ1) is 17.3. The van der Waals surface area contributed by atoms with Gasteiger partial charge >= 0.3 is 0 Å². The Morgan fingerprint density at radius 2 is 2.09 bits per heavy atom. The van der Waals surface area contributed by atoms with Gasteiger partial charge in [-0.3, -0.25) is 20.4 Å². The Morgan fingerprint density at radius 3 is 2.74 bits per heavy atom. The number of rotatable bonds is 5. The van der Waals surface area contributed by atoms with Crippen molar-refractivity contribution in [3.8, 4) is 0 Å². The van der Waals surface area contributed by atoms with Gasteiger partial charge in [0, 0.05) is 11.4 Å². The number of carbonyl (C=O) groups excluding carboxylic acids is 2. The molecule has 1 aliphatic rings. The Kier molecular flexibility index (Phi) is 5.31. The molecule has 0 bridgehead atoms. The number of Topliss-reactive ketones (excluding diaryl/α,β-unsaturated/α-hetero) is 1. The average Bonchev–Trinajstić information content (AvgIpc) is 2.43. The van der Waals surface area contributed by atoms with E-state index in [1.807, 2.05) is 20.8 Å². The van der Waals surface area contributed by atoms with Gasteiger partial charge in [0.15, 0.2) is 18.1 Å². The third-order valence-electron chi connectivity index (χ3n) is 3.54. The summed E-state index contributed by atoms with van der Waals surface area (Å²) in [6.45, 7) is 5.75. The smallest absolute Gasteiger partial charge is 0.276 e. The molecule has 2 N–H and O–H groups in total. The van der Waals surface area contributed by atoms with E-state index in [4.69, 9.17) is 16.3 Å². The van der Waals surface area contributed by atoms with Crippen molar-refractivity contribution in [1.29, 1.82) is 0 Å². The molecule has 0 fully saturated rings. The molecule has 5 nitrogen and oxygen atoms in total. The molecular formula is C17H21ClN2O3. The number of hydrogen-bond acceptors (Lipinski definition) is 4. The van der Waals surface area contributed by atoms with Crippen LogP contribution in [0.1, 0.15) is 33.6 Å². The Morgan fingerprint density at radius 1 is 1.35 bits per heavy atom. The molecule has 2 rings (SSSR count). The monoisotopic (exact) mass is 336 g/mol. The van der Waals surface area contributed by atoms with E-state index in [1.165, 1.54) is 0 Å². The Labute approximate surface area is 141 Å². The Hall–Kier alpha value is -2.01. The van der Waals surface area contributed by atoms with Crippen LogP contribution >= 0.6 is 11.6 Å². The molecule has 124 valence electrons. The van der Waals surface area contributed by atoms with Gasteiger partial charge in [-0.2, -0.15) is 0 Å². The van der Waals surface area contributed by atoms with Gasteiger partial charge in [-0.05, 0) is 42.5 Å². The molecule has 23 heavy (non-hydrogen) atoms. The number of hydrazine groups is 1. The van der Waals surface area contributed by atoms with E-state index in [9.17, 15) is 9.59 Å². The molecule has 0 saturated carbocycles. The fourth-order valence-electron chi connectivity index (χ4n) is 2.70. The molecule has 0 saturated heterocycles. The summed E-state index contributed by atoms with van der Waals surface area (Å²) in [6, 6.07) is 6.96. The van der Waals surface area contributed by atoms with Crippen molar-refractivity contribution >= 4 is 29.0 Å². The number of ketones is 1. The molecule has 0 radical (unpaired) electrons. The van der Waals surface area contributed by atoms with E-state index in [0.29, 0.717) is 22.9 Å². The van der Waals surface area contributed by atoms with E-state index in [1.54, 1.807) is 24.3 Å². The average molecular weight is 337 g/mol. The lowest BCUT2D eigenvalue weighted by molar-refractivity contribution is -0.127. The second kappa shape index (κ2) is 7.04. The molecule has 0 aliphatic heterocycles. The summed E-state index contributed by atoms with van der Waals surface area (Å²) >= 11 is 5.86. The zero-order chi connectivity index (χ0) is 17.0. The van der Waals surface area contributed by atoms with E-state index in [-0.39, 0.29) is 23.7 Å². The van der Waals surface area contributed by atoms with Crippen LogP contribution < -0.4 is 10.9 Å². The highest BCUT2D eigenvalue weighted by Crippen LogP contribution is 2.36. The molecule has 1 aliphatic carbocycles. The van der Waals surface area contributed by atoms with E-state index >= 15 is 0 Å². The standard InChI is InChI=1S/C17H21ClN2O3/c1-11-8-17(2,3)9-14(21)16(11)23-10-15(22)20-19-13-6-4-5-12(18)7-13/h4-7,19H,8-10H2,1-3H3,(H,20,22). The van der Waals surface area contributed by atoms with Crippen molar-refractivity contribution in [2.45, 2.75) is 33.6 Å². The largest absolute Gasteiger partial charge is 0.480 e. The number of ether oxygens (including phenoxy) is 1. The third-order valence-corrected chi connectivity index (χ3v) is 3.78. The fourth-order valence-corrected chi connectivity index (χ4v) is 2.89. The van der Waals surface area contributed by atoms with Crippen molar-refractivity contribution in [2.75, 3.05) is 12.0 Å². The lowest BCUT2D eigenvalue weighted by atomic mass is 9.76. The highest BCUT2D eigenvalue weighted by atomic mass is 35.5. The maximum Gasteiger partial charge on any atom is 0.276 e. The van der Waals surface area contributed by atoms with Gasteiger partial charge in [-0.1, -0.05) is 31.5 Å². The molecule has 1 aromatic carbocycles. The molecule has 6 heteroatoms. The zero-order valence-corrected chi connectivity index (χ0v) is 14.3. The predicted molar refractivity (Wildman–Crippen MR) is 89.9 cm³/mol. The van der Waals surface area contributed by atoms with Crippen LogP contribution in [0.3, 0.4) is 0 Å². The number of hydrogen-bond donors (Lipinski definition) is 2. The van der Waals surface area contributed by atoms with E-state index in [0.717, 1.165) is 12.0 Å². The number of allylic oxidation sites excluding steroid dienone is 2. The molecule has 1 aromatic rings. The summed E-state index contributed by atoms with van der Waals surface area (Å²) < 4.78 is 5.43. The van der Waals surface area contributed by atoms with Gasteiger partial charge in [0.2, 0.25) is 0 Å². The number of anilines is 1. The summed E-state index contributed by atoms with van der Waals surface area (Å²) in [7, 11) is 0. The first-order chi connectivity index (χ1) is 10.8. The van der Waals surface area contributed by atoms with Crippen molar-refractivity contribution < 1.29 is 14.3 Å². The minimum atomic E-state index is -0.372. The van der Waals surface area contributed by atoms with Gasteiger partial charge < -0.3 is 4.74 Å². The minimum Gasteiger partial charge on any atom is -0.480 e. The molecule has 0 unspecified atom stereocenters. The Balaban J connectivity index is 1.86. The van der Waals surface area contributed by atoms with Crippen molar-refractivity contribution in [3.63, 3.8) is 0 Å². The quantitative estimate of drug-likeness (QED) is 0.808. The van der Waals surface area contributed by atoms with E-state index in [2.05, 4.69) is 10.9 Å². The lowest BCUT2D eigenvalue weighted by Crippen LogP contribution is -2.34. The maximum atomic E-state index is 12.1. The van der Waals surface area contributed by atoms with Crippen LogP contribution in [0.2, 0.25) is 5.02 Å². The highest BCUT2D eigenvalue weighted by Gasteiger charge is 2.32. The van der Waals surface area contributed by atoms with Crippen LogP contribution in [0, 0.1) is 5.41 Å². The minimum absolute atomic E-state index is 0.0469. The zero-order valence-electron chi connectivity index (χ0n) is 13.5. The molecule has 0 aromatic heterocycles. The van der Waals surface area contributed by atoms with Crippen molar-refractivity contribution in [1.82, 2.24) is 5.43 Å². The van der Waals surface area contributed by atoms with Gasteiger partial charge in [-0.25, -0.2) is 0 Å². The van der Waals surface area contributed by atoms with Crippen molar-refractivity contribution in [2.24, 2.45) is 5.41 Å². The van der Waals surface area contributed by atoms with Gasteiger partial charge in [0.1, 0.15) is 0 Å². The summed E-state index contributed by atoms with van der Waals surface area (Å²) in [6.07, 6.45) is 1.22. The summed E-state index contributed by atoms with van der Waals surface area (Å²) in [4.78, 5) is 23.9. The third kappa shape index (κ3) is 4.99. The van der Waals surface area contributed by atoms with Crippen LogP contribution in [0.25, 0.3) is 0 Å². The van der Waals surface area contributed by atoms with Crippen LogP contribution in [0.4, 0.5) is 5.69 Å². The van der Waals surface area contributed by atoms with Gasteiger partial charge in [-0.15, -0.1) is 0 Å². The second-order valence-corrected chi connectivity index (χ2v) is 6.96. The number of halogens is 1. The highest BCUT2D eigenvalue weighted by molar-refractivity contribution is 6.30. The SMILES string of the molecule is CC1=C(OCC(=O)NNc2cccc(Cl)c2)C(=O)CC(C)(C)C1. The van der Waals surface area contributed by atoms with Crippen LogP contribution in [-0.2, 0) is 14.3 Å². The molecule has 0 atom stereocenters. The van der Waals surface area contributed by atoms with Gasteiger partial charge in [0.25, 0.3) is 5.91 Å². The molecule has 0 spiro atoms. The number of carbonyl (C=O) groups is 2. The predicted octanol–water partition coefficient (Wildman–Crippen LogP) is 3.46. The van der Waals surface area contributed by atoms with Crippen LogP contribution in [0.15, 0.2) is 35.6 Å². The number of amides is 1. The first-order valence-corrected chi connectivity index (χ1v) is 7.81. The molecular weight excluding hydrogens is 316 g/mol. The summed E-state index contributed by atoms with van der Waals surface area (Å²) in [5.74, 6) is -0.0977. The summed E-state index contributed by atoms with van der Waals surface area (Å²) in [5.41, 5.74) is 6.75. The fraction of sp³-hybridized carbons (Fsp3) is 0.412. The second-order valence-electron chi connectivity index (χ2n) is 6.52. The lowest BCUT2D eigenvalue weighted by Gasteiger charge is -2.30. The number of nitrogens with one attached hydrogen (secondary N) is 2. The molecule has 1 amide bonds. The number of benzene rings is 1. The first-order valence-electron chi connectivity index (χ1n) is 7.43. The maximum absolute atomic E-state index is 12.1. The van der Waals surface area contributed by atoms with E-state index < -0.39 is 0 Å². The molecule has 0 heterocycles. The van der Waals surface area contributed by atoms with Crippen LogP contribution in [0.5, 0.6) is 0 Å². The normalized spacial score (nSPS) is 17.0. The summed E-state index contributed by atoms with van der Waals surface area (Å²) in [5, 5.41) is 0.566. The Bertz CT molecular complexity index is 653. The van der Waals surface area contributed by atoms with Gasteiger partial charge in [0.05, 0.1) is 5.69 Å².